The molecule has 0 saturated heterocycles. The van der Waals surface area contributed by atoms with E-state index >= 15 is 0 Å². The van der Waals surface area contributed by atoms with Gasteiger partial charge in [-0.15, -0.1) is 0 Å². The Hall–Kier alpha value is -2.94. The van der Waals surface area contributed by atoms with Crippen LogP contribution in [0, 0.1) is 0 Å². The highest BCUT2D eigenvalue weighted by atomic mass is 28.4. The lowest BCUT2D eigenvalue weighted by Gasteiger charge is -2.35. The first-order chi connectivity index (χ1) is 15.0. The Balaban J connectivity index is 1.82. The molecule has 0 bridgehead atoms. The highest BCUT2D eigenvalue weighted by molar-refractivity contribution is 6.69. The molecule has 2 aliphatic heterocycles. The van der Waals surface area contributed by atoms with Gasteiger partial charge in [-0.05, 0) is 55.4 Å². The molecule has 4 heterocycles. The van der Waals surface area contributed by atoms with Crippen molar-refractivity contribution in [3.63, 3.8) is 0 Å². The van der Waals surface area contributed by atoms with Gasteiger partial charge in [0, 0.05) is 16.5 Å². The van der Waals surface area contributed by atoms with Crippen LogP contribution in [-0.2, 0) is 29.5 Å². The maximum Gasteiger partial charge on any atom is 0.258 e. The quantitative estimate of drug-likeness (QED) is 0.415. The van der Waals surface area contributed by atoms with Crippen LogP contribution in [0.15, 0.2) is 41.4 Å². The predicted octanol–water partition coefficient (Wildman–Crippen LogP) is 3.05. The van der Waals surface area contributed by atoms with Crippen molar-refractivity contribution in [2.75, 3.05) is 0 Å². The van der Waals surface area contributed by atoms with Gasteiger partial charge in [-0.25, -0.2) is 4.98 Å². The van der Waals surface area contributed by atoms with Crippen molar-refractivity contribution in [1.29, 1.82) is 0 Å². The third-order valence-electron chi connectivity index (χ3n) is 6.57. The summed E-state index contributed by atoms with van der Waals surface area (Å²) in [6.45, 7) is 9.81. The van der Waals surface area contributed by atoms with E-state index in [2.05, 4.69) is 6.58 Å². The molecule has 2 aromatic heterocycles. The molecular weight excluding hydrogens is 424 g/mol. The summed E-state index contributed by atoms with van der Waals surface area (Å²) in [7, 11) is -2.52. The second-order valence-corrected chi connectivity index (χ2v) is 13.3. The molecule has 1 atom stereocenters. The molecule has 5 rings (SSSR count). The van der Waals surface area contributed by atoms with Crippen LogP contribution in [0.25, 0.3) is 22.3 Å². The van der Waals surface area contributed by atoms with E-state index in [0.717, 1.165) is 16.5 Å². The summed E-state index contributed by atoms with van der Waals surface area (Å²) < 4.78 is 7.23. The molecule has 3 N–H and O–H groups in total. The number of phenols is 1. The van der Waals surface area contributed by atoms with Crippen LogP contribution >= 0.6 is 0 Å². The number of aromatic nitrogens is 2. The second-order valence-electron chi connectivity index (χ2n) is 9.35. The van der Waals surface area contributed by atoms with E-state index in [-0.39, 0.29) is 23.7 Å². The highest BCUT2D eigenvalue weighted by Gasteiger charge is 2.41. The lowest BCUT2D eigenvalue weighted by Crippen LogP contribution is -2.38. The molecule has 2 aliphatic rings. The van der Waals surface area contributed by atoms with Gasteiger partial charge in [-0.3, -0.25) is 4.79 Å². The number of benzene rings is 1. The van der Waals surface area contributed by atoms with Crippen LogP contribution in [0.5, 0.6) is 5.75 Å². The second kappa shape index (κ2) is 6.78. The summed E-state index contributed by atoms with van der Waals surface area (Å²) in [5, 5.41) is 22.1. The molecule has 3 aromatic rings. The third kappa shape index (κ3) is 2.94. The minimum atomic E-state index is -2.52. The monoisotopic (exact) mass is 450 g/mol. The highest BCUT2D eigenvalue weighted by Crippen LogP contribution is 2.43. The fraction of sp³-hybridized carbons (Fsp3) is 0.333. The van der Waals surface area contributed by atoms with Crippen molar-refractivity contribution in [2.24, 2.45) is 0 Å². The molecule has 32 heavy (non-hydrogen) atoms. The number of nitrogens with zero attached hydrogens (tertiary/aromatic N) is 2. The number of rotatable bonds is 3. The van der Waals surface area contributed by atoms with E-state index in [4.69, 9.17) is 9.72 Å². The minimum Gasteiger partial charge on any atom is -0.508 e. The Morgan fingerprint density at radius 1 is 1.28 bits per heavy atom. The Bertz CT molecular complexity index is 1370. The number of phenolic OH excluding ortho intramolecular Hbond substituents is 1. The zero-order chi connectivity index (χ0) is 23.0. The summed E-state index contributed by atoms with van der Waals surface area (Å²) in [5.41, 5.74) is 3.08. The lowest BCUT2D eigenvalue weighted by molar-refractivity contribution is -0.0172. The number of ether oxygens (including phenoxy) is 1. The van der Waals surface area contributed by atoms with Gasteiger partial charge in [-0.2, -0.15) is 0 Å². The van der Waals surface area contributed by atoms with Crippen LogP contribution in [0.3, 0.4) is 0 Å². The Morgan fingerprint density at radius 3 is 2.72 bits per heavy atom. The van der Waals surface area contributed by atoms with Gasteiger partial charge in [0.2, 0.25) is 0 Å². The smallest absolute Gasteiger partial charge is 0.258 e. The molecule has 166 valence electrons. The van der Waals surface area contributed by atoms with Crippen LogP contribution < -0.4 is 5.56 Å². The summed E-state index contributed by atoms with van der Waals surface area (Å²) >= 11 is 0. The first kappa shape index (κ1) is 20.9. The molecule has 0 radical (unpaired) electrons. The maximum atomic E-state index is 13.5. The maximum absolute atomic E-state index is 13.5. The van der Waals surface area contributed by atoms with Crippen molar-refractivity contribution < 1.29 is 19.7 Å². The van der Waals surface area contributed by atoms with Gasteiger partial charge in [0.25, 0.3) is 5.56 Å². The fourth-order valence-electron chi connectivity index (χ4n) is 4.90. The van der Waals surface area contributed by atoms with Crippen molar-refractivity contribution in [3.8, 4) is 17.1 Å². The van der Waals surface area contributed by atoms with Crippen molar-refractivity contribution in [3.05, 3.63) is 69.2 Å². The van der Waals surface area contributed by atoms with Gasteiger partial charge in [0.05, 0.1) is 29.0 Å². The third-order valence-corrected chi connectivity index (χ3v) is 7.78. The molecule has 1 aromatic carbocycles. The normalized spacial score (nSPS) is 19.5. The Kier molecular flexibility index (Phi) is 4.43. The Morgan fingerprint density at radius 2 is 2.03 bits per heavy atom. The van der Waals surface area contributed by atoms with Gasteiger partial charge in [0.1, 0.15) is 23.7 Å². The molecule has 0 saturated carbocycles. The molecule has 8 heteroatoms. The van der Waals surface area contributed by atoms with Gasteiger partial charge in [0.15, 0.2) is 8.32 Å². The van der Waals surface area contributed by atoms with Crippen LogP contribution in [0.4, 0.5) is 0 Å². The van der Waals surface area contributed by atoms with Crippen LogP contribution in [0.2, 0.25) is 13.1 Å². The van der Waals surface area contributed by atoms with E-state index in [1.165, 1.54) is 0 Å². The zero-order valence-electron chi connectivity index (χ0n) is 18.4. The summed E-state index contributed by atoms with van der Waals surface area (Å²) in [5.74, 6) is 0.371. The van der Waals surface area contributed by atoms with Gasteiger partial charge < -0.3 is 24.3 Å². The predicted molar refractivity (Wildman–Crippen MR) is 124 cm³/mol. The standard InChI is InChI=1S/C24H26N2O5Si/c1-5-24(29)13(2)31-11-17-19(24)9-21-22-16(10-26(21)23(17)28)18(12-32(3,4)30)15-8-14(27)6-7-20(15)25-22/h6-9,27,29-30H,2,5,10-12H2,1,3-4H3/t24-/m1/s1. The largest absolute Gasteiger partial charge is 0.508 e. The van der Waals surface area contributed by atoms with E-state index < -0.39 is 13.9 Å². The fourth-order valence-corrected chi connectivity index (χ4v) is 6.17. The molecule has 0 spiro atoms. The van der Waals surface area contributed by atoms with Crippen molar-refractivity contribution in [1.82, 2.24) is 9.55 Å². The van der Waals surface area contributed by atoms with E-state index in [1.807, 2.05) is 26.1 Å². The first-order valence-electron chi connectivity index (χ1n) is 10.7. The lowest BCUT2D eigenvalue weighted by atomic mass is 9.84. The first-order valence-corrected chi connectivity index (χ1v) is 13.9. The minimum absolute atomic E-state index is 0.0681. The summed E-state index contributed by atoms with van der Waals surface area (Å²) in [6.07, 6.45) is 0.328. The van der Waals surface area contributed by atoms with Crippen molar-refractivity contribution in [2.45, 2.75) is 51.2 Å². The number of aliphatic hydroxyl groups is 1. The number of hydrogen-bond donors (Lipinski definition) is 3. The molecule has 0 amide bonds. The zero-order valence-corrected chi connectivity index (χ0v) is 19.4. The number of pyridine rings is 2. The average molecular weight is 451 g/mol. The van der Waals surface area contributed by atoms with Gasteiger partial charge >= 0.3 is 0 Å². The van der Waals surface area contributed by atoms with E-state index in [9.17, 15) is 19.8 Å². The Labute approximate surface area is 186 Å². The number of hydrogen-bond acceptors (Lipinski definition) is 6. The molecule has 0 fully saturated rings. The summed E-state index contributed by atoms with van der Waals surface area (Å²) in [6, 6.07) is 7.31. The van der Waals surface area contributed by atoms with Crippen molar-refractivity contribution >= 4 is 19.2 Å². The average Bonchev–Trinajstić information content (AvgIpc) is 3.09. The molecule has 0 aliphatic carbocycles. The van der Waals surface area contributed by atoms with Gasteiger partial charge in [-0.1, -0.05) is 13.5 Å². The van der Waals surface area contributed by atoms with E-state index in [1.54, 1.807) is 22.8 Å². The molecular formula is C24H26N2O5Si. The van der Waals surface area contributed by atoms with Crippen LogP contribution in [-0.4, -0.2) is 32.9 Å². The molecule has 7 nitrogen and oxygen atoms in total. The number of aromatic hydroxyl groups is 1. The summed E-state index contributed by atoms with van der Waals surface area (Å²) in [4.78, 5) is 29.0. The molecule has 0 unspecified atom stereocenters. The van der Waals surface area contributed by atoms with E-state index in [0.29, 0.717) is 47.0 Å². The topological polar surface area (TPSA) is 105 Å². The SMILES string of the molecule is C=C1OCc2c(cc3n(c2=O)Cc2c-3nc3ccc(O)cc3c2C[Si](C)(C)O)[C@@]1(O)CC. The van der Waals surface area contributed by atoms with Crippen LogP contribution in [0.1, 0.15) is 35.6 Å². The number of fused-ring (bicyclic) bond motifs is 5.